The van der Waals surface area contributed by atoms with Crippen LogP contribution in [-0.2, 0) is 4.74 Å². The fourth-order valence-electron chi connectivity index (χ4n) is 1.53. The Kier molecular flexibility index (Phi) is 3.47. The van der Waals surface area contributed by atoms with Gasteiger partial charge in [-0.2, -0.15) is 5.10 Å². The number of carbonyl (C=O) groups is 1. The van der Waals surface area contributed by atoms with E-state index >= 15 is 0 Å². The van der Waals surface area contributed by atoms with Crippen LogP contribution in [0, 0.1) is 0 Å². The van der Waals surface area contributed by atoms with Crippen LogP contribution in [0.1, 0.15) is 17.3 Å². The summed E-state index contributed by atoms with van der Waals surface area (Å²) in [7, 11) is 1.33. The van der Waals surface area contributed by atoms with Crippen molar-refractivity contribution >= 4 is 11.5 Å². The number of aliphatic hydroxyl groups excluding tert-OH is 1. The zero-order valence-electron chi connectivity index (χ0n) is 10.2. The average Bonchev–Trinajstić information content (AvgIpc) is 2.78. The molecule has 1 N–H and O–H groups in total. The van der Waals surface area contributed by atoms with Crippen LogP contribution in [0.2, 0.25) is 0 Å². The second kappa shape index (κ2) is 5.05. The first-order chi connectivity index (χ1) is 8.61. The number of aromatic nitrogens is 2. The van der Waals surface area contributed by atoms with Crippen molar-refractivity contribution in [2.75, 3.05) is 13.7 Å². The van der Waals surface area contributed by atoms with Gasteiger partial charge in [0.25, 0.3) is 0 Å². The number of carbonyl (C=O) groups excluding carboxylic acids is 1. The lowest BCUT2D eigenvalue weighted by molar-refractivity contribution is 0.0603. The Bertz CT molecular complexity index is 562. The highest BCUT2D eigenvalue weighted by Gasteiger charge is 2.13. The van der Waals surface area contributed by atoms with Gasteiger partial charge in [0.2, 0.25) is 0 Å². The fraction of sp³-hybridized carbons (Fsp3) is 0.333. The van der Waals surface area contributed by atoms with Crippen LogP contribution in [-0.4, -0.2) is 40.5 Å². The third-order valence-corrected chi connectivity index (χ3v) is 2.39. The molecular weight excluding hydrogens is 236 g/mol. The molecule has 0 fully saturated rings. The Morgan fingerprint density at radius 3 is 3.00 bits per heavy atom. The van der Waals surface area contributed by atoms with E-state index in [0.29, 0.717) is 16.8 Å². The minimum absolute atomic E-state index is 0.205. The summed E-state index contributed by atoms with van der Waals surface area (Å²) in [6.45, 7) is 1.85. The topological polar surface area (TPSA) is 73.1 Å². The minimum atomic E-state index is -0.538. The molecule has 0 radical (unpaired) electrons. The highest BCUT2D eigenvalue weighted by Crippen LogP contribution is 2.17. The van der Waals surface area contributed by atoms with Crippen LogP contribution in [0.15, 0.2) is 24.5 Å². The van der Waals surface area contributed by atoms with Gasteiger partial charge in [0, 0.05) is 0 Å². The number of hydrogen-bond donors (Lipinski definition) is 1. The van der Waals surface area contributed by atoms with Crippen LogP contribution in [0.3, 0.4) is 0 Å². The van der Waals surface area contributed by atoms with Crippen molar-refractivity contribution < 1.29 is 19.4 Å². The molecule has 2 heterocycles. The predicted molar refractivity (Wildman–Crippen MR) is 63.7 cm³/mol. The van der Waals surface area contributed by atoms with Gasteiger partial charge in [-0.25, -0.2) is 9.31 Å². The smallest absolute Gasteiger partial charge is 0.341 e. The number of aliphatic hydroxyl groups is 1. The molecule has 6 heteroatoms. The zero-order valence-corrected chi connectivity index (χ0v) is 10.2. The Hall–Kier alpha value is -2.08. The number of esters is 1. The van der Waals surface area contributed by atoms with Gasteiger partial charge in [0.1, 0.15) is 17.9 Å². The second-order valence-corrected chi connectivity index (χ2v) is 3.90. The first-order valence-corrected chi connectivity index (χ1v) is 5.48. The summed E-state index contributed by atoms with van der Waals surface area (Å²) >= 11 is 0. The van der Waals surface area contributed by atoms with Gasteiger partial charge in [0.05, 0.1) is 31.1 Å². The number of rotatable bonds is 4. The van der Waals surface area contributed by atoms with Crippen molar-refractivity contribution in [2.24, 2.45) is 0 Å². The maximum atomic E-state index is 11.4. The molecule has 0 aromatic carbocycles. The quantitative estimate of drug-likeness (QED) is 0.815. The van der Waals surface area contributed by atoms with E-state index in [1.165, 1.54) is 17.8 Å². The second-order valence-electron chi connectivity index (χ2n) is 3.90. The van der Waals surface area contributed by atoms with Gasteiger partial charge in [0.15, 0.2) is 0 Å². The minimum Gasteiger partial charge on any atom is -0.489 e. The molecule has 6 nitrogen and oxygen atoms in total. The number of hydrogen-bond acceptors (Lipinski definition) is 5. The first-order valence-electron chi connectivity index (χ1n) is 5.48. The van der Waals surface area contributed by atoms with E-state index < -0.39 is 12.1 Å². The van der Waals surface area contributed by atoms with Crippen molar-refractivity contribution in [3.05, 3.63) is 30.1 Å². The van der Waals surface area contributed by atoms with E-state index in [-0.39, 0.29) is 6.61 Å². The lowest BCUT2D eigenvalue weighted by atomic mass is 10.2. The van der Waals surface area contributed by atoms with E-state index in [9.17, 15) is 4.79 Å². The van der Waals surface area contributed by atoms with E-state index in [0.717, 1.165) is 0 Å². The van der Waals surface area contributed by atoms with Gasteiger partial charge in [-0.3, -0.25) is 0 Å². The summed E-state index contributed by atoms with van der Waals surface area (Å²) in [6.07, 6.45) is 2.55. The maximum Gasteiger partial charge on any atom is 0.341 e. The van der Waals surface area contributed by atoms with Crippen molar-refractivity contribution in [1.82, 2.24) is 9.61 Å². The largest absolute Gasteiger partial charge is 0.489 e. The average molecular weight is 250 g/mol. The Labute approximate surface area is 104 Å². The molecule has 0 saturated heterocycles. The molecular formula is C12H14N2O4. The lowest BCUT2D eigenvalue weighted by Crippen LogP contribution is -2.13. The molecule has 2 rings (SSSR count). The van der Waals surface area contributed by atoms with Crippen LogP contribution in [0.25, 0.3) is 5.52 Å². The normalized spacial score (nSPS) is 12.4. The molecule has 0 aliphatic carbocycles. The van der Waals surface area contributed by atoms with Crippen molar-refractivity contribution in [1.29, 1.82) is 0 Å². The van der Waals surface area contributed by atoms with Gasteiger partial charge in [-0.1, -0.05) is 0 Å². The monoisotopic (exact) mass is 250 g/mol. The molecule has 1 atom stereocenters. The van der Waals surface area contributed by atoms with Crippen LogP contribution >= 0.6 is 0 Å². The van der Waals surface area contributed by atoms with Crippen molar-refractivity contribution in [2.45, 2.75) is 13.0 Å². The van der Waals surface area contributed by atoms with E-state index in [1.807, 2.05) is 0 Å². The molecule has 18 heavy (non-hydrogen) atoms. The van der Waals surface area contributed by atoms with Gasteiger partial charge in [-0.05, 0) is 19.1 Å². The standard InChI is InChI=1S/C12H14N2O4/c1-8(15)7-18-9-3-4-11-10(12(16)17-2)5-13-14(11)6-9/h3-6,8,15H,7H2,1-2H3/t8-/m1/s1. The highest BCUT2D eigenvalue weighted by molar-refractivity contribution is 5.96. The summed E-state index contributed by atoms with van der Waals surface area (Å²) in [5.41, 5.74) is 1.05. The zero-order chi connectivity index (χ0) is 13.1. The highest BCUT2D eigenvalue weighted by atomic mass is 16.5. The molecule has 96 valence electrons. The van der Waals surface area contributed by atoms with E-state index in [1.54, 1.807) is 25.3 Å². The van der Waals surface area contributed by atoms with Gasteiger partial charge >= 0.3 is 5.97 Å². The predicted octanol–water partition coefficient (Wildman–Crippen LogP) is 0.880. The number of ether oxygens (including phenoxy) is 2. The van der Waals surface area contributed by atoms with Gasteiger partial charge in [-0.15, -0.1) is 0 Å². The molecule has 0 aliphatic rings. The van der Waals surface area contributed by atoms with Crippen LogP contribution < -0.4 is 4.74 Å². The summed E-state index contributed by atoms with van der Waals surface area (Å²) in [6, 6.07) is 3.43. The molecule has 0 amide bonds. The number of methoxy groups -OCH3 is 1. The Morgan fingerprint density at radius 2 is 2.33 bits per heavy atom. The summed E-state index contributed by atoms with van der Waals surface area (Å²) in [5.74, 6) is 0.144. The molecule has 0 spiro atoms. The SMILES string of the molecule is COC(=O)c1cnn2cc(OC[C@@H](C)O)ccc12. The molecule has 0 saturated carbocycles. The third kappa shape index (κ3) is 2.43. The van der Waals surface area contributed by atoms with Crippen molar-refractivity contribution in [3.8, 4) is 5.75 Å². The van der Waals surface area contributed by atoms with E-state index in [2.05, 4.69) is 9.84 Å². The summed E-state index contributed by atoms with van der Waals surface area (Å²) in [4.78, 5) is 11.4. The number of nitrogens with zero attached hydrogens (tertiary/aromatic N) is 2. The summed E-state index contributed by atoms with van der Waals surface area (Å²) in [5, 5.41) is 13.2. The molecule has 0 bridgehead atoms. The summed E-state index contributed by atoms with van der Waals surface area (Å²) < 4.78 is 11.5. The first kappa shape index (κ1) is 12.4. The fourth-order valence-corrected chi connectivity index (χ4v) is 1.53. The van der Waals surface area contributed by atoms with Gasteiger partial charge < -0.3 is 14.6 Å². The Balaban J connectivity index is 2.28. The Morgan fingerprint density at radius 1 is 1.56 bits per heavy atom. The molecule has 2 aromatic heterocycles. The molecule has 0 aliphatic heterocycles. The van der Waals surface area contributed by atoms with Crippen LogP contribution in [0.5, 0.6) is 5.75 Å². The van der Waals surface area contributed by atoms with Crippen LogP contribution in [0.4, 0.5) is 0 Å². The lowest BCUT2D eigenvalue weighted by Gasteiger charge is -2.08. The maximum absolute atomic E-state index is 11.4. The third-order valence-electron chi connectivity index (χ3n) is 2.39. The number of pyridine rings is 1. The van der Waals surface area contributed by atoms with E-state index in [4.69, 9.17) is 9.84 Å². The van der Waals surface area contributed by atoms with Crippen molar-refractivity contribution in [3.63, 3.8) is 0 Å². The molecule has 2 aromatic rings. The number of fused-ring (bicyclic) bond motifs is 1. The molecule has 0 unspecified atom stereocenters.